The molecule has 0 spiro atoms. The number of hydrogen-bond donors (Lipinski definition) is 1. The van der Waals surface area contributed by atoms with Crippen LogP contribution in [0.25, 0.3) is 0 Å². The zero-order chi connectivity index (χ0) is 21.0. The lowest BCUT2D eigenvalue weighted by Gasteiger charge is -2.26. The number of aryl methyl sites for hydroxylation is 1. The average Bonchev–Trinajstić information content (AvgIpc) is 2.92. The maximum absolute atomic E-state index is 12.7. The number of carbonyl (C=O) groups excluding carboxylic acids is 2. The van der Waals surface area contributed by atoms with Crippen LogP contribution in [-0.2, 0) is 20.9 Å². The van der Waals surface area contributed by atoms with Crippen LogP contribution in [0.3, 0.4) is 0 Å². The minimum atomic E-state index is -0.582. The third-order valence-corrected chi connectivity index (χ3v) is 4.89. The zero-order valence-electron chi connectivity index (χ0n) is 17.1. The first-order chi connectivity index (χ1) is 13.9. The molecule has 1 aromatic heterocycles. The number of rotatable bonds is 7. The van der Waals surface area contributed by atoms with Gasteiger partial charge in [-0.2, -0.15) is 0 Å². The molecule has 0 fully saturated rings. The average molecular weight is 395 g/mol. The molecule has 1 aliphatic rings. The van der Waals surface area contributed by atoms with Crippen LogP contribution < -0.4 is 10.1 Å². The summed E-state index contributed by atoms with van der Waals surface area (Å²) in [4.78, 5) is 30.7. The quantitative estimate of drug-likeness (QED) is 0.779. The molecule has 152 valence electrons. The maximum Gasteiger partial charge on any atom is 0.252 e. The Morgan fingerprint density at radius 3 is 2.48 bits per heavy atom. The van der Waals surface area contributed by atoms with E-state index in [1.807, 2.05) is 44.2 Å². The Morgan fingerprint density at radius 2 is 1.86 bits per heavy atom. The van der Waals surface area contributed by atoms with Gasteiger partial charge >= 0.3 is 0 Å². The number of hydrogen-bond acceptors (Lipinski definition) is 5. The molecule has 3 rings (SSSR count). The molecule has 2 aromatic rings. The molecule has 0 saturated carbocycles. The van der Waals surface area contributed by atoms with Crippen LogP contribution in [0.2, 0.25) is 0 Å². The van der Waals surface area contributed by atoms with Crippen LogP contribution in [0.4, 0.5) is 5.82 Å². The predicted octanol–water partition coefficient (Wildman–Crippen LogP) is 3.06. The third-order valence-electron chi connectivity index (χ3n) is 4.89. The van der Waals surface area contributed by atoms with Crippen molar-refractivity contribution in [2.75, 3.05) is 19.0 Å². The monoisotopic (exact) mass is 395 g/mol. The number of anilines is 1. The molecule has 2 heterocycles. The van der Waals surface area contributed by atoms with E-state index in [0.29, 0.717) is 17.9 Å². The van der Waals surface area contributed by atoms with Crippen LogP contribution >= 0.6 is 0 Å². The van der Waals surface area contributed by atoms with Crippen molar-refractivity contribution in [1.82, 2.24) is 9.88 Å². The van der Waals surface area contributed by atoms with Gasteiger partial charge in [0.2, 0.25) is 0 Å². The fourth-order valence-electron chi connectivity index (χ4n) is 3.08. The summed E-state index contributed by atoms with van der Waals surface area (Å²) in [7, 11) is 1.61. The first-order valence-electron chi connectivity index (χ1n) is 9.34. The Morgan fingerprint density at radius 1 is 1.14 bits per heavy atom. The topological polar surface area (TPSA) is 80.8 Å². The number of nitrogens with one attached hydrogen (secondary N) is 1. The first kappa shape index (κ1) is 20.5. The van der Waals surface area contributed by atoms with E-state index in [1.54, 1.807) is 31.2 Å². The first-order valence-corrected chi connectivity index (χ1v) is 9.34. The number of benzene rings is 1. The molecule has 1 unspecified atom stereocenters. The Kier molecular flexibility index (Phi) is 6.29. The lowest BCUT2D eigenvalue weighted by atomic mass is 10.2. The number of amides is 2. The minimum absolute atomic E-state index is 0.0936. The summed E-state index contributed by atoms with van der Waals surface area (Å²) < 4.78 is 11.0. The highest BCUT2D eigenvalue weighted by atomic mass is 16.5. The molecule has 1 N–H and O–H groups in total. The van der Waals surface area contributed by atoms with Gasteiger partial charge in [0.15, 0.2) is 6.23 Å². The highest BCUT2D eigenvalue weighted by Crippen LogP contribution is 2.28. The van der Waals surface area contributed by atoms with Crippen molar-refractivity contribution >= 4 is 17.6 Å². The van der Waals surface area contributed by atoms with Crippen molar-refractivity contribution in [2.24, 2.45) is 0 Å². The van der Waals surface area contributed by atoms with Gasteiger partial charge in [0.1, 0.15) is 18.2 Å². The SMILES string of the molecule is COc1ccc(CN2C(=O)C(C)=C(C)C2OCC(=O)Nc2ccc(C)cn2)cc1. The van der Waals surface area contributed by atoms with Gasteiger partial charge in [-0.25, -0.2) is 4.98 Å². The van der Waals surface area contributed by atoms with Crippen molar-refractivity contribution in [1.29, 1.82) is 0 Å². The van der Waals surface area contributed by atoms with Gasteiger partial charge in [0, 0.05) is 18.3 Å². The van der Waals surface area contributed by atoms with E-state index < -0.39 is 6.23 Å². The van der Waals surface area contributed by atoms with Gasteiger partial charge in [0.05, 0.1) is 7.11 Å². The van der Waals surface area contributed by atoms with E-state index in [1.165, 1.54) is 0 Å². The van der Waals surface area contributed by atoms with Gasteiger partial charge in [0.25, 0.3) is 11.8 Å². The summed E-state index contributed by atoms with van der Waals surface area (Å²) in [6.45, 7) is 5.75. The van der Waals surface area contributed by atoms with Gasteiger partial charge in [-0.3, -0.25) is 9.59 Å². The number of methoxy groups -OCH3 is 1. The van der Waals surface area contributed by atoms with E-state index in [9.17, 15) is 9.59 Å². The number of carbonyl (C=O) groups is 2. The molecule has 1 atom stereocenters. The molecule has 29 heavy (non-hydrogen) atoms. The van der Waals surface area contributed by atoms with E-state index >= 15 is 0 Å². The number of ether oxygens (including phenoxy) is 2. The van der Waals surface area contributed by atoms with Crippen molar-refractivity contribution in [3.05, 3.63) is 64.9 Å². The third kappa shape index (κ3) is 4.81. The Labute approximate surface area is 170 Å². The highest BCUT2D eigenvalue weighted by Gasteiger charge is 2.35. The van der Waals surface area contributed by atoms with Crippen molar-refractivity contribution in [3.8, 4) is 5.75 Å². The summed E-state index contributed by atoms with van der Waals surface area (Å²) >= 11 is 0. The van der Waals surface area contributed by atoms with Crippen molar-refractivity contribution in [3.63, 3.8) is 0 Å². The smallest absolute Gasteiger partial charge is 0.252 e. The molecule has 7 heteroatoms. The van der Waals surface area contributed by atoms with Crippen LogP contribution in [0.1, 0.15) is 25.0 Å². The Bertz CT molecular complexity index is 920. The summed E-state index contributed by atoms with van der Waals surface area (Å²) in [5.41, 5.74) is 3.41. The molecular formula is C22H25N3O4. The Hall–Kier alpha value is -3.19. The summed E-state index contributed by atoms with van der Waals surface area (Å²) in [5, 5.41) is 2.70. The summed E-state index contributed by atoms with van der Waals surface area (Å²) in [6, 6.07) is 11.1. The molecular weight excluding hydrogens is 370 g/mol. The second-order valence-corrected chi connectivity index (χ2v) is 7.02. The van der Waals surface area contributed by atoms with Crippen molar-refractivity contribution in [2.45, 2.75) is 33.5 Å². The lowest BCUT2D eigenvalue weighted by Crippen LogP contribution is -2.38. The number of nitrogens with zero attached hydrogens (tertiary/aromatic N) is 2. The van der Waals surface area contributed by atoms with E-state index in [2.05, 4.69) is 10.3 Å². The lowest BCUT2D eigenvalue weighted by molar-refractivity contribution is -0.140. The molecule has 0 aliphatic carbocycles. The number of pyridine rings is 1. The molecule has 1 aromatic carbocycles. The van der Waals surface area contributed by atoms with Crippen LogP contribution in [0.5, 0.6) is 5.75 Å². The van der Waals surface area contributed by atoms with Crippen molar-refractivity contribution < 1.29 is 19.1 Å². The van der Waals surface area contributed by atoms with Crippen LogP contribution in [-0.4, -0.2) is 41.6 Å². The van der Waals surface area contributed by atoms with Gasteiger partial charge in [-0.1, -0.05) is 18.2 Å². The Balaban J connectivity index is 1.65. The second-order valence-electron chi connectivity index (χ2n) is 7.02. The fraction of sp³-hybridized carbons (Fsp3) is 0.318. The zero-order valence-corrected chi connectivity index (χ0v) is 17.1. The molecule has 2 amide bonds. The van der Waals surface area contributed by atoms with Gasteiger partial charge in [-0.15, -0.1) is 0 Å². The molecule has 1 aliphatic heterocycles. The van der Waals surface area contributed by atoms with E-state index in [0.717, 1.165) is 22.4 Å². The highest BCUT2D eigenvalue weighted by molar-refractivity contribution is 5.97. The summed E-state index contributed by atoms with van der Waals surface area (Å²) in [6.07, 6.45) is 1.10. The normalized spacial score (nSPS) is 16.3. The molecule has 0 saturated heterocycles. The number of aromatic nitrogens is 1. The minimum Gasteiger partial charge on any atom is -0.497 e. The maximum atomic E-state index is 12.7. The van der Waals surface area contributed by atoms with Crippen LogP contribution in [0, 0.1) is 6.92 Å². The van der Waals surface area contributed by atoms with Crippen LogP contribution in [0.15, 0.2) is 53.7 Å². The fourth-order valence-corrected chi connectivity index (χ4v) is 3.08. The van der Waals surface area contributed by atoms with E-state index in [4.69, 9.17) is 9.47 Å². The molecule has 0 bridgehead atoms. The molecule has 7 nitrogen and oxygen atoms in total. The summed E-state index contributed by atoms with van der Waals surface area (Å²) in [5.74, 6) is 0.797. The largest absolute Gasteiger partial charge is 0.497 e. The van der Waals surface area contributed by atoms with Gasteiger partial charge < -0.3 is 19.7 Å². The standard InChI is InChI=1S/C22H25N3O4/c1-14-5-10-19(23-11-14)24-20(26)13-29-22-16(3)15(2)21(27)25(22)12-17-6-8-18(28-4)9-7-17/h5-11,22H,12-13H2,1-4H3,(H,23,24,26). The second kappa shape index (κ2) is 8.87. The molecule has 0 radical (unpaired) electrons. The van der Waals surface area contributed by atoms with E-state index in [-0.39, 0.29) is 18.4 Å². The predicted molar refractivity (Wildman–Crippen MR) is 109 cm³/mol. The van der Waals surface area contributed by atoms with Gasteiger partial charge in [-0.05, 0) is 55.7 Å².